The molecule has 0 spiro atoms. The number of esters is 2. The van der Waals surface area contributed by atoms with Crippen LogP contribution < -0.4 is 0 Å². The van der Waals surface area contributed by atoms with Crippen molar-refractivity contribution >= 4 is 11.9 Å². The molecule has 0 aliphatic rings. The molecule has 0 fully saturated rings. The zero-order valence-corrected chi connectivity index (χ0v) is 12.9. The van der Waals surface area contributed by atoms with Gasteiger partial charge in [0.1, 0.15) is 6.61 Å². The van der Waals surface area contributed by atoms with E-state index in [2.05, 4.69) is 17.9 Å². The summed E-state index contributed by atoms with van der Waals surface area (Å²) in [5.41, 5.74) is -0.145. The van der Waals surface area contributed by atoms with Crippen molar-refractivity contribution in [2.75, 3.05) is 13.7 Å². The monoisotopic (exact) mass is 302 g/mol. The average Bonchev–Trinajstić information content (AvgIpc) is 2.56. The van der Waals surface area contributed by atoms with Gasteiger partial charge in [0.25, 0.3) is 0 Å². The summed E-state index contributed by atoms with van der Waals surface area (Å²) < 4.78 is 9.96. The van der Waals surface area contributed by atoms with E-state index in [9.17, 15) is 9.59 Å². The first-order valence-corrected chi connectivity index (χ1v) is 7.12. The lowest BCUT2D eigenvalue weighted by Crippen LogP contribution is -2.38. The summed E-state index contributed by atoms with van der Waals surface area (Å²) in [6.45, 7) is 7.41. The van der Waals surface area contributed by atoms with Gasteiger partial charge in [-0.15, -0.1) is 6.58 Å². The van der Waals surface area contributed by atoms with Crippen molar-refractivity contribution in [2.45, 2.75) is 24.7 Å². The fourth-order valence-electron chi connectivity index (χ4n) is 2.36. The Morgan fingerprint density at radius 1 is 1.18 bits per heavy atom. The van der Waals surface area contributed by atoms with Crippen molar-refractivity contribution in [3.63, 3.8) is 0 Å². The van der Waals surface area contributed by atoms with Crippen molar-refractivity contribution in [3.8, 4) is 0 Å². The zero-order valence-electron chi connectivity index (χ0n) is 12.9. The molecule has 22 heavy (non-hydrogen) atoms. The molecule has 1 atom stereocenters. The molecule has 1 rings (SSSR count). The van der Waals surface area contributed by atoms with Crippen LogP contribution in [0.3, 0.4) is 0 Å². The Kier molecular flexibility index (Phi) is 7.09. The lowest BCUT2D eigenvalue weighted by Gasteiger charge is -2.30. The van der Waals surface area contributed by atoms with E-state index in [4.69, 9.17) is 4.74 Å². The van der Waals surface area contributed by atoms with Crippen LogP contribution >= 0.6 is 0 Å². The molecule has 0 radical (unpaired) electrons. The maximum Gasteiger partial charge on any atom is 0.317 e. The quantitative estimate of drug-likeness (QED) is 0.519. The number of ether oxygens (including phenoxy) is 2. The summed E-state index contributed by atoms with van der Waals surface area (Å²) in [6, 6.07) is 9.29. The van der Waals surface area contributed by atoms with Gasteiger partial charge in [0.2, 0.25) is 0 Å². The molecule has 1 aromatic carbocycles. The van der Waals surface area contributed by atoms with Gasteiger partial charge in [0.15, 0.2) is 0 Å². The van der Waals surface area contributed by atoms with E-state index in [0.29, 0.717) is 12.8 Å². The second-order valence-electron chi connectivity index (χ2n) is 4.90. The molecular formula is C18H22O4. The molecule has 0 amide bonds. The molecule has 0 aromatic heterocycles. The maximum atomic E-state index is 12.6. The lowest BCUT2D eigenvalue weighted by atomic mass is 9.74. The Morgan fingerprint density at radius 3 is 2.41 bits per heavy atom. The SMILES string of the molecule is C=CCOC(=O)C(CC=C)(CCC(=O)OC)c1ccccc1. The fourth-order valence-corrected chi connectivity index (χ4v) is 2.36. The number of methoxy groups -OCH3 is 1. The first kappa shape index (κ1) is 17.7. The standard InChI is InChI=1S/C18H22O4/c1-4-12-18(13-11-16(19)21-3,17(20)22-14-5-2)15-9-7-6-8-10-15/h4-10H,1-2,11-14H2,3H3. The number of rotatable bonds is 9. The molecule has 0 bridgehead atoms. The van der Waals surface area contributed by atoms with E-state index in [1.165, 1.54) is 13.2 Å². The highest BCUT2D eigenvalue weighted by atomic mass is 16.5. The maximum absolute atomic E-state index is 12.6. The average molecular weight is 302 g/mol. The number of benzene rings is 1. The Morgan fingerprint density at radius 2 is 1.86 bits per heavy atom. The van der Waals surface area contributed by atoms with Crippen molar-refractivity contribution < 1.29 is 19.1 Å². The predicted octanol–water partition coefficient (Wildman–Crippen LogP) is 3.18. The number of carbonyl (C=O) groups excluding carboxylic acids is 2. The summed E-state index contributed by atoms with van der Waals surface area (Å²) in [6.07, 6.45) is 3.99. The van der Waals surface area contributed by atoms with E-state index in [0.717, 1.165) is 5.56 Å². The predicted molar refractivity (Wildman–Crippen MR) is 85.3 cm³/mol. The molecule has 0 aliphatic heterocycles. The van der Waals surface area contributed by atoms with Gasteiger partial charge >= 0.3 is 11.9 Å². The van der Waals surface area contributed by atoms with E-state index < -0.39 is 5.41 Å². The Labute approximate surface area is 131 Å². The van der Waals surface area contributed by atoms with Crippen molar-refractivity contribution in [2.24, 2.45) is 0 Å². The van der Waals surface area contributed by atoms with Crippen LogP contribution in [0.4, 0.5) is 0 Å². The first-order chi connectivity index (χ1) is 10.6. The molecule has 4 nitrogen and oxygen atoms in total. The lowest BCUT2D eigenvalue weighted by molar-refractivity contribution is -0.150. The Hall–Kier alpha value is -2.36. The molecule has 118 valence electrons. The summed E-state index contributed by atoms with van der Waals surface area (Å²) in [5.74, 6) is -0.747. The summed E-state index contributed by atoms with van der Waals surface area (Å²) >= 11 is 0. The third-order valence-electron chi connectivity index (χ3n) is 3.53. The molecule has 0 N–H and O–H groups in total. The van der Waals surface area contributed by atoms with Gasteiger partial charge in [0, 0.05) is 6.42 Å². The van der Waals surface area contributed by atoms with Crippen molar-refractivity contribution in [1.82, 2.24) is 0 Å². The van der Waals surface area contributed by atoms with Crippen LogP contribution in [0.1, 0.15) is 24.8 Å². The molecule has 0 saturated heterocycles. The summed E-state index contributed by atoms with van der Waals surface area (Å²) in [7, 11) is 1.33. The van der Waals surface area contributed by atoms with E-state index in [1.807, 2.05) is 30.3 Å². The van der Waals surface area contributed by atoms with Gasteiger partial charge in [-0.1, -0.05) is 49.1 Å². The van der Waals surface area contributed by atoms with E-state index >= 15 is 0 Å². The van der Waals surface area contributed by atoms with Crippen LogP contribution in [0.25, 0.3) is 0 Å². The first-order valence-electron chi connectivity index (χ1n) is 7.12. The third-order valence-corrected chi connectivity index (χ3v) is 3.53. The van der Waals surface area contributed by atoms with Crippen LogP contribution in [-0.2, 0) is 24.5 Å². The van der Waals surface area contributed by atoms with Gasteiger partial charge in [-0.05, 0) is 18.4 Å². The molecular weight excluding hydrogens is 280 g/mol. The van der Waals surface area contributed by atoms with Gasteiger partial charge in [-0.3, -0.25) is 9.59 Å². The number of hydrogen-bond acceptors (Lipinski definition) is 4. The van der Waals surface area contributed by atoms with Gasteiger partial charge in [0.05, 0.1) is 12.5 Å². The molecule has 1 unspecified atom stereocenters. The minimum Gasteiger partial charge on any atom is -0.469 e. The van der Waals surface area contributed by atoms with Gasteiger partial charge < -0.3 is 9.47 Å². The van der Waals surface area contributed by atoms with Crippen LogP contribution in [-0.4, -0.2) is 25.7 Å². The number of carbonyl (C=O) groups is 2. The minimum absolute atomic E-state index is 0.127. The van der Waals surface area contributed by atoms with Crippen LogP contribution in [0.2, 0.25) is 0 Å². The highest BCUT2D eigenvalue weighted by Gasteiger charge is 2.40. The largest absolute Gasteiger partial charge is 0.469 e. The summed E-state index contributed by atoms with van der Waals surface area (Å²) in [4.78, 5) is 24.2. The molecule has 0 saturated carbocycles. The fraction of sp³-hybridized carbons (Fsp3) is 0.333. The second-order valence-corrected chi connectivity index (χ2v) is 4.90. The summed E-state index contributed by atoms with van der Waals surface area (Å²) in [5, 5.41) is 0. The van der Waals surface area contributed by atoms with E-state index in [1.54, 1.807) is 6.08 Å². The third kappa shape index (κ3) is 4.32. The highest BCUT2D eigenvalue weighted by Crippen LogP contribution is 2.35. The number of hydrogen-bond donors (Lipinski definition) is 0. The normalized spacial score (nSPS) is 12.8. The zero-order chi connectivity index (χ0) is 16.4. The molecule has 0 heterocycles. The number of allylic oxidation sites excluding steroid dienone is 1. The topological polar surface area (TPSA) is 52.6 Å². The van der Waals surface area contributed by atoms with Crippen molar-refractivity contribution in [1.29, 1.82) is 0 Å². The van der Waals surface area contributed by atoms with E-state index in [-0.39, 0.29) is 25.0 Å². The molecule has 0 aliphatic carbocycles. The Bertz CT molecular complexity index is 521. The molecule has 1 aromatic rings. The highest BCUT2D eigenvalue weighted by molar-refractivity contribution is 5.84. The van der Waals surface area contributed by atoms with Crippen molar-refractivity contribution in [3.05, 3.63) is 61.2 Å². The molecule has 4 heteroatoms. The van der Waals surface area contributed by atoms with Gasteiger partial charge in [-0.25, -0.2) is 0 Å². The van der Waals surface area contributed by atoms with Crippen LogP contribution in [0, 0.1) is 0 Å². The van der Waals surface area contributed by atoms with Gasteiger partial charge in [-0.2, -0.15) is 0 Å². The van der Waals surface area contributed by atoms with Crippen LogP contribution in [0.5, 0.6) is 0 Å². The second kappa shape index (κ2) is 8.82. The minimum atomic E-state index is -0.944. The smallest absolute Gasteiger partial charge is 0.317 e. The Balaban J connectivity index is 3.18. The van der Waals surface area contributed by atoms with Crippen LogP contribution in [0.15, 0.2) is 55.6 Å².